The summed E-state index contributed by atoms with van der Waals surface area (Å²) in [5.41, 5.74) is 3.20. The highest BCUT2D eigenvalue weighted by molar-refractivity contribution is 6.14. The first kappa shape index (κ1) is 24.5. The van der Waals surface area contributed by atoms with E-state index in [0.717, 1.165) is 5.69 Å². The smallest absolute Gasteiger partial charge is 0.371 e. The first-order chi connectivity index (χ1) is 18.2. The molecule has 0 fully saturated rings. The van der Waals surface area contributed by atoms with Gasteiger partial charge in [0.1, 0.15) is 0 Å². The molecule has 0 aliphatic heterocycles. The predicted octanol–water partition coefficient (Wildman–Crippen LogP) is 6.30. The lowest BCUT2D eigenvalue weighted by Gasteiger charge is -2.37. The summed E-state index contributed by atoms with van der Waals surface area (Å²) in [6.45, 7) is 5.74. The van der Waals surface area contributed by atoms with Gasteiger partial charge in [-0.05, 0) is 63.2 Å². The van der Waals surface area contributed by atoms with Crippen LogP contribution in [0.2, 0.25) is 0 Å². The Hall–Kier alpha value is -5.16. The van der Waals surface area contributed by atoms with Crippen LogP contribution in [-0.4, -0.2) is 32.3 Å². The zero-order valence-electron chi connectivity index (χ0n) is 21.0. The largest absolute Gasteiger partial charge is 0.475 e. The van der Waals surface area contributed by atoms with Crippen LogP contribution in [0.25, 0.3) is 27.8 Å². The number of carbonyl (C=O) groups is 2. The lowest BCUT2D eigenvalue weighted by molar-refractivity contribution is 0.0665. The molecule has 0 spiro atoms. The number of nitrogens with zero attached hydrogens (tertiary/aromatic N) is 4. The molecule has 5 rings (SSSR count). The van der Waals surface area contributed by atoms with Gasteiger partial charge in [0.25, 0.3) is 5.91 Å². The van der Waals surface area contributed by atoms with Gasteiger partial charge in [0.15, 0.2) is 5.58 Å². The fraction of sp³-hybridized carbons (Fsp3) is 0.133. The molecule has 0 unspecified atom stereocenters. The normalized spacial score (nSPS) is 11.3. The molecule has 5 aromatic rings. The number of hydrogen-bond donors (Lipinski definition) is 1. The van der Waals surface area contributed by atoms with Gasteiger partial charge in [0.2, 0.25) is 5.76 Å². The Morgan fingerprint density at radius 2 is 1.74 bits per heavy atom. The van der Waals surface area contributed by atoms with Gasteiger partial charge in [-0.15, -0.1) is 0 Å². The van der Waals surface area contributed by atoms with Crippen molar-refractivity contribution in [1.29, 1.82) is 5.26 Å². The van der Waals surface area contributed by atoms with Gasteiger partial charge >= 0.3 is 5.97 Å². The molecule has 2 aromatic heterocycles. The van der Waals surface area contributed by atoms with Crippen molar-refractivity contribution in [1.82, 2.24) is 9.78 Å². The monoisotopic (exact) mass is 504 g/mol. The number of nitriles is 1. The van der Waals surface area contributed by atoms with Crippen molar-refractivity contribution in [3.63, 3.8) is 0 Å². The zero-order chi connectivity index (χ0) is 27.0. The van der Waals surface area contributed by atoms with Crippen molar-refractivity contribution >= 4 is 28.5 Å². The molecule has 38 heavy (non-hydrogen) atoms. The Labute approximate surface area is 219 Å². The lowest BCUT2D eigenvalue weighted by atomic mass is 9.97. The summed E-state index contributed by atoms with van der Waals surface area (Å²) in [7, 11) is 0. The number of furan rings is 1. The van der Waals surface area contributed by atoms with E-state index in [1.165, 1.54) is 6.07 Å². The van der Waals surface area contributed by atoms with Crippen LogP contribution in [0.4, 0.5) is 5.69 Å². The number of benzene rings is 3. The fourth-order valence-electron chi connectivity index (χ4n) is 4.39. The molecule has 3 aromatic carbocycles. The average molecular weight is 505 g/mol. The van der Waals surface area contributed by atoms with E-state index in [2.05, 4.69) is 11.2 Å². The molecule has 0 radical (unpaired) electrons. The highest BCUT2D eigenvalue weighted by Gasteiger charge is 2.34. The highest BCUT2D eigenvalue weighted by Crippen LogP contribution is 2.42. The highest BCUT2D eigenvalue weighted by atomic mass is 16.4. The molecular weight excluding hydrogens is 480 g/mol. The Bertz CT molecular complexity index is 1700. The van der Waals surface area contributed by atoms with Gasteiger partial charge in [-0.2, -0.15) is 10.4 Å². The maximum absolute atomic E-state index is 14.0. The van der Waals surface area contributed by atoms with Crippen molar-refractivity contribution in [2.45, 2.75) is 26.3 Å². The van der Waals surface area contributed by atoms with Crippen LogP contribution in [0.5, 0.6) is 0 Å². The first-order valence-corrected chi connectivity index (χ1v) is 11.9. The van der Waals surface area contributed by atoms with Crippen molar-refractivity contribution in [2.24, 2.45) is 0 Å². The van der Waals surface area contributed by atoms with Crippen LogP contribution in [0.3, 0.4) is 0 Å². The van der Waals surface area contributed by atoms with Gasteiger partial charge < -0.3 is 9.52 Å². The van der Waals surface area contributed by atoms with Gasteiger partial charge in [-0.1, -0.05) is 30.3 Å². The second-order valence-electron chi connectivity index (χ2n) is 9.81. The minimum Gasteiger partial charge on any atom is -0.475 e. The fourth-order valence-corrected chi connectivity index (χ4v) is 4.39. The van der Waals surface area contributed by atoms with E-state index in [-0.39, 0.29) is 11.7 Å². The van der Waals surface area contributed by atoms with E-state index in [1.807, 2.05) is 39.1 Å². The van der Waals surface area contributed by atoms with Crippen molar-refractivity contribution in [2.75, 3.05) is 4.90 Å². The molecule has 0 atom stereocenters. The van der Waals surface area contributed by atoms with Crippen molar-refractivity contribution in [3.8, 4) is 22.9 Å². The lowest BCUT2D eigenvalue weighted by Crippen LogP contribution is -2.46. The third kappa shape index (κ3) is 4.42. The second kappa shape index (κ2) is 9.37. The van der Waals surface area contributed by atoms with E-state index < -0.39 is 11.5 Å². The Balaban J connectivity index is 1.74. The molecule has 1 N–H and O–H groups in total. The molecule has 8 nitrogen and oxygen atoms in total. The van der Waals surface area contributed by atoms with Crippen LogP contribution in [-0.2, 0) is 0 Å². The van der Waals surface area contributed by atoms with E-state index in [9.17, 15) is 14.7 Å². The quantitative estimate of drug-likeness (QED) is 0.301. The Morgan fingerprint density at radius 1 is 1.03 bits per heavy atom. The predicted molar refractivity (Wildman–Crippen MR) is 143 cm³/mol. The molecule has 188 valence electrons. The van der Waals surface area contributed by atoms with E-state index in [1.54, 1.807) is 70.4 Å². The number of aromatic carboxylic acids is 1. The molecule has 8 heteroatoms. The van der Waals surface area contributed by atoms with Gasteiger partial charge in [0.05, 0.1) is 29.2 Å². The van der Waals surface area contributed by atoms with Gasteiger partial charge in [-0.25, -0.2) is 9.48 Å². The number of rotatable bonds is 5. The maximum Gasteiger partial charge on any atom is 0.371 e. The summed E-state index contributed by atoms with van der Waals surface area (Å²) in [5, 5.41) is 23.8. The summed E-state index contributed by atoms with van der Waals surface area (Å²) in [6.07, 6.45) is 3.50. The summed E-state index contributed by atoms with van der Waals surface area (Å²) in [6, 6.07) is 23.1. The Morgan fingerprint density at radius 3 is 2.37 bits per heavy atom. The summed E-state index contributed by atoms with van der Waals surface area (Å²) in [5.74, 6) is -1.66. The third-order valence-corrected chi connectivity index (χ3v) is 6.14. The SMILES string of the molecule is CC(C)(C)N(C(=O)c1ccccc1)c1c(-c2cnn(-c3ccc(C#N)cc3)c2)ccc2cc(C(=O)O)oc12. The minimum absolute atomic E-state index is 0.215. The van der Waals surface area contributed by atoms with Crippen molar-refractivity contribution in [3.05, 3.63) is 102 Å². The number of aromatic nitrogens is 2. The minimum atomic E-state index is -1.20. The van der Waals surface area contributed by atoms with Crippen LogP contribution < -0.4 is 4.90 Å². The molecular formula is C30H24N4O4. The Kier molecular flexibility index (Phi) is 6.05. The number of anilines is 1. The second-order valence-corrected chi connectivity index (χ2v) is 9.81. The number of carboxylic acid groups (broad SMARTS) is 1. The number of carboxylic acids is 1. The molecule has 0 bridgehead atoms. The van der Waals surface area contributed by atoms with E-state index in [0.29, 0.717) is 38.9 Å². The number of amides is 1. The third-order valence-electron chi connectivity index (χ3n) is 6.14. The van der Waals surface area contributed by atoms with E-state index in [4.69, 9.17) is 9.68 Å². The molecule has 0 saturated heterocycles. The molecule has 0 aliphatic carbocycles. The first-order valence-electron chi connectivity index (χ1n) is 11.9. The maximum atomic E-state index is 14.0. The molecule has 0 aliphatic rings. The van der Waals surface area contributed by atoms with Crippen LogP contribution in [0.15, 0.2) is 89.6 Å². The zero-order valence-corrected chi connectivity index (χ0v) is 21.0. The van der Waals surface area contributed by atoms with Crippen LogP contribution in [0.1, 0.15) is 47.2 Å². The van der Waals surface area contributed by atoms with Crippen molar-refractivity contribution < 1.29 is 19.1 Å². The molecule has 2 heterocycles. The molecule has 1 amide bonds. The van der Waals surface area contributed by atoms with Crippen LogP contribution in [0, 0.1) is 11.3 Å². The van der Waals surface area contributed by atoms with E-state index >= 15 is 0 Å². The van der Waals surface area contributed by atoms with Gasteiger partial charge in [0, 0.05) is 33.8 Å². The number of carbonyl (C=O) groups excluding carboxylic acids is 1. The summed E-state index contributed by atoms with van der Waals surface area (Å²) < 4.78 is 7.53. The van der Waals surface area contributed by atoms with Gasteiger partial charge in [-0.3, -0.25) is 9.69 Å². The standard InChI is InChI=1S/C30H24N4O4/c1-30(2,3)34(28(35)20-7-5-4-6-8-20)26-24(14-11-21-15-25(29(36)37)38-27(21)26)22-17-32-33(18-22)23-12-9-19(16-31)10-13-23/h4-15,17-18H,1-3H3,(H,36,37). The number of fused-ring (bicyclic) bond motifs is 1. The summed E-state index contributed by atoms with van der Waals surface area (Å²) >= 11 is 0. The summed E-state index contributed by atoms with van der Waals surface area (Å²) in [4.78, 5) is 27.4. The van der Waals surface area contributed by atoms with Crippen LogP contribution >= 0.6 is 0 Å². The number of hydrogen-bond acceptors (Lipinski definition) is 5. The average Bonchev–Trinajstić information content (AvgIpc) is 3.57. The topological polar surface area (TPSA) is 112 Å². The molecule has 0 saturated carbocycles.